The Hall–Kier alpha value is -2.12. The van der Waals surface area contributed by atoms with Crippen LogP contribution in [-0.4, -0.2) is 54.0 Å². The fourth-order valence-electron chi connectivity index (χ4n) is 2.83. The van der Waals surface area contributed by atoms with Gasteiger partial charge in [-0.15, -0.1) is 0 Å². The lowest BCUT2D eigenvalue weighted by Crippen LogP contribution is -2.54. The minimum Gasteiger partial charge on any atom is -0.444 e. The average molecular weight is 336 g/mol. The Morgan fingerprint density at radius 3 is 2.50 bits per heavy atom. The molecule has 1 aromatic rings. The van der Waals surface area contributed by atoms with Gasteiger partial charge in [0.1, 0.15) is 18.4 Å². The smallest absolute Gasteiger partial charge is 0.413 e. The molecule has 1 saturated heterocycles. The number of hydrogen-bond donors (Lipinski definition) is 0. The highest BCUT2D eigenvalue weighted by atomic mass is 16.7. The molecule has 0 radical (unpaired) electrons. The number of ether oxygens (including phenoxy) is 2. The van der Waals surface area contributed by atoms with E-state index in [1.807, 2.05) is 30.3 Å². The summed E-state index contributed by atoms with van der Waals surface area (Å²) in [7, 11) is 2.88. The second kappa shape index (κ2) is 7.19. The Morgan fingerprint density at radius 2 is 1.92 bits per heavy atom. The first kappa shape index (κ1) is 18.2. The van der Waals surface area contributed by atoms with Crippen LogP contribution in [0.2, 0.25) is 0 Å². The van der Waals surface area contributed by atoms with Gasteiger partial charge in [-0.2, -0.15) is 0 Å². The van der Waals surface area contributed by atoms with E-state index in [2.05, 4.69) is 0 Å². The maximum absolute atomic E-state index is 12.6. The second-order valence-electron chi connectivity index (χ2n) is 6.14. The van der Waals surface area contributed by atoms with Crippen molar-refractivity contribution in [1.82, 2.24) is 9.96 Å². The third-order valence-corrected chi connectivity index (χ3v) is 4.02. The molecule has 7 nitrogen and oxygen atoms in total. The standard InChI is InChI=1S/C17H24N2O5/c1-12-14(15(20)18(4)22-5)19(17(2,3)24-12)16(21)23-11-13-9-7-6-8-10-13/h6-10,12,14H,11H2,1-5H3/t12-,14+/m0/s1. The van der Waals surface area contributed by atoms with E-state index in [4.69, 9.17) is 14.3 Å². The monoisotopic (exact) mass is 336 g/mol. The van der Waals surface area contributed by atoms with Gasteiger partial charge in [0.05, 0.1) is 13.2 Å². The Kier molecular flexibility index (Phi) is 5.46. The van der Waals surface area contributed by atoms with E-state index in [1.54, 1.807) is 20.8 Å². The Morgan fingerprint density at radius 1 is 1.29 bits per heavy atom. The van der Waals surface area contributed by atoms with Crippen molar-refractivity contribution < 1.29 is 23.9 Å². The van der Waals surface area contributed by atoms with Crippen LogP contribution in [0.3, 0.4) is 0 Å². The molecule has 0 saturated carbocycles. The number of carbonyl (C=O) groups excluding carboxylic acids is 2. The summed E-state index contributed by atoms with van der Waals surface area (Å²) in [5.41, 5.74) is -0.0871. The number of nitrogens with zero attached hydrogens (tertiary/aromatic N) is 2. The highest BCUT2D eigenvalue weighted by Gasteiger charge is 2.53. The van der Waals surface area contributed by atoms with E-state index in [9.17, 15) is 9.59 Å². The number of rotatable bonds is 4. The van der Waals surface area contributed by atoms with Crippen molar-refractivity contribution in [3.8, 4) is 0 Å². The Bertz CT molecular complexity index is 590. The van der Waals surface area contributed by atoms with Crippen LogP contribution in [0.25, 0.3) is 0 Å². The van der Waals surface area contributed by atoms with Gasteiger partial charge in [-0.1, -0.05) is 30.3 Å². The zero-order chi connectivity index (χ0) is 17.9. The van der Waals surface area contributed by atoms with Crippen molar-refractivity contribution in [3.63, 3.8) is 0 Å². The number of amides is 2. The molecule has 0 bridgehead atoms. The fourth-order valence-corrected chi connectivity index (χ4v) is 2.83. The topological polar surface area (TPSA) is 68.3 Å². The van der Waals surface area contributed by atoms with E-state index >= 15 is 0 Å². The zero-order valence-corrected chi connectivity index (χ0v) is 14.7. The number of carbonyl (C=O) groups is 2. The molecule has 1 fully saturated rings. The molecule has 132 valence electrons. The SMILES string of the molecule is CON(C)C(=O)[C@H]1[C@H](C)OC(C)(C)N1C(=O)OCc1ccccc1. The summed E-state index contributed by atoms with van der Waals surface area (Å²) >= 11 is 0. The van der Waals surface area contributed by atoms with Gasteiger partial charge in [0.2, 0.25) is 0 Å². The van der Waals surface area contributed by atoms with Gasteiger partial charge in [-0.3, -0.25) is 14.5 Å². The molecule has 0 spiro atoms. The van der Waals surface area contributed by atoms with Crippen LogP contribution < -0.4 is 0 Å². The first-order chi connectivity index (χ1) is 11.3. The van der Waals surface area contributed by atoms with E-state index in [0.29, 0.717) is 0 Å². The predicted octanol–water partition coefficient (Wildman–Crippen LogP) is 2.17. The van der Waals surface area contributed by atoms with E-state index in [0.717, 1.165) is 10.6 Å². The van der Waals surface area contributed by atoms with Crippen LogP contribution in [0.5, 0.6) is 0 Å². The van der Waals surface area contributed by atoms with Crippen LogP contribution >= 0.6 is 0 Å². The average Bonchev–Trinajstić information content (AvgIpc) is 2.80. The maximum atomic E-state index is 12.6. The van der Waals surface area contributed by atoms with Gasteiger partial charge in [0.15, 0.2) is 0 Å². The van der Waals surface area contributed by atoms with Crippen LogP contribution in [0.4, 0.5) is 4.79 Å². The van der Waals surface area contributed by atoms with Gasteiger partial charge < -0.3 is 9.47 Å². The van der Waals surface area contributed by atoms with Gasteiger partial charge in [-0.25, -0.2) is 9.86 Å². The van der Waals surface area contributed by atoms with Crippen molar-refractivity contribution in [2.24, 2.45) is 0 Å². The summed E-state index contributed by atoms with van der Waals surface area (Å²) in [5, 5.41) is 1.09. The van der Waals surface area contributed by atoms with E-state index in [-0.39, 0.29) is 12.5 Å². The summed E-state index contributed by atoms with van der Waals surface area (Å²) in [4.78, 5) is 31.4. The Labute approximate surface area is 142 Å². The quantitative estimate of drug-likeness (QED) is 0.788. The molecule has 0 aliphatic carbocycles. The summed E-state index contributed by atoms with van der Waals surface area (Å²) in [6, 6.07) is 8.54. The predicted molar refractivity (Wildman–Crippen MR) is 86.7 cm³/mol. The lowest BCUT2D eigenvalue weighted by molar-refractivity contribution is -0.174. The molecule has 0 unspecified atom stereocenters. The minimum atomic E-state index is -0.956. The molecule has 2 rings (SSSR count). The number of benzene rings is 1. The largest absolute Gasteiger partial charge is 0.444 e. The normalized spacial score (nSPS) is 22.3. The first-order valence-corrected chi connectivity index (χ1v) is 7.77. The van der Waals surface area contributed by atoms with E-state index in [1.165, 1.54) is 19.1 Å². The number of hydroxylamine groups is 2. The molecular formula is C17H24N2O5. The summed E-state index contributed by atoms with van der Waals surface area (Å²) in [5.74, 6) is -0.368. The maximum Gasteiger partial charge on any atom is 0.413 e. The van der Waals surface area contributed by atoms with Crippen molar-refractivity contribution in [1.29, 1.82) is 0 Å². The lowest BCUT2D eigenvalue weighted by atomic mass is 10.1. The molecular weight excluding hydrogens is 312 g/mol. The molecule has 7 heteroatoms. The highest BCUT2D eigenvalue weighted by molar-refractivity contribution is 5.86. The van der Waals surface area contributed by atoms with Crippen LogP contribution in [0.15, 0.2) is 30.3 Å². The molecule has 1 aliphatic rings. The minimum absolute atomic E-state index is 0.127. The summed E-state index contributed by atoms with van der Waals surface area (Å²) in [6.07, 6.45) is -1.08. The third-order valence-electron chi connectivity index (χ3n) is 4.02. The molecule has 0 aromatic heterocycles. The van der Waals surface area contributed by atoms with Gasteiger partial charge in [0, 0.05) is 7.05 Å². The van der Waals surface area contributed by atoms with Gasteiger partial charge in [0.25, 0.3) is 5.91 Å². The molecule has 2 amide bonds. The molecule has 24 heavy (non-hydrogen) atoms. The number of likely N-dealkylation sites (N-methyl/N-ethyl adjacent to an activating group) is 1. The van der Waals surface area contributed by atoms with Crippen molar-refractivity contribution in [2.75, 3.05) is 14.2 Å². The Balaban J connectivity index is 2.16. The third kappa shape index (κ3) is 3.68. The molecule has 2 atom stereocenters. The van der Waals surface area contributed by atoms with Crippen LogP contribution in [0.1, 0.15) is 26.3 Å². The fraction of sp³-hybridized carbons (Fsp3) is 0.529. The van der Waals surface area contributed by atoms with Gasteiger partial charge in [-0.05, 0) is 26.3 Å². The van der Waals surface area contributed by atoms with E-state index < -0.39 is 24.0 Å². The summed E-state index contributed by atoms with van der Waals surface area (Å²) in [6.45, 7) is 5.33. The number of hydrogen-bond acceptors (Lipinski definition) is 5. The highest BCUT2D eigenvalue weighted by Crippen LogP contribution is 2.33. The van der Waals surface area contributed by atoms with Crippen LogP contribution in [-0.2, 0) is 25.7 Å². The van der Waals surface area contributed by atoms with Crippen LogP contribution in [0, 0.1) is 0 Å². The molecule has 1 aromatic carbocycles. The van der Waals surface area contributed by atoms with Crippen molar-refractivity contribution in [3.05, 3.63) is 35.9 Å². The van der Waals surface area contributed by atoms with Crippen molar-refractivity contribution in [2.45, 2.75) is 45.2 Å². The first-order valence-electron chi connectivity index (χ1n) is 7.77. The van der Waals surface area contributed by atoms with Crippen molar-refractivity contribution >= 4 is 12.0 Å². The summed E-state index contributed by atoms with van der Waals surface area (Å²) < 4.78 is 11.2. The molecule has 1 heterocycles. The lowest BCUT2D eigenvalue weighted by Gasteiger charge is -2.33. The molecule has 1 aliphatic heterocycles. The van der Waals surface area contributed by atoms with Gasteiger partial charge >= 0.3 is 6.09 Å². The zero-order valence-electron chi connectivity index (χ0n) is 14.7. The molecule has 0 N–H and O–H groups in total. The second-order valence-corrected chi connectivity index (χ2v) is 6.14.